The average Bonchev–Trinajstić information content (AvgIpc) is 2.70. The molecular formula is C21H18F3NO4. The summed E-state index contributed by atoms with van der Waals surface area (Å²) in [6.45, 7) is 1.98. The number of carbonyl (C=O) groups excluding carboxylic acids is 1. The summed E-state index contributed by atoms with van der Waals surface area (Å²) in [4.78, 5) is 11.5. The molecule has 2 aromatic carbocycles. The van der Waals surface area contributed by atoms with Crippen molar-refractivity contribution in [3.05, 3.63) is 64.7 Å². The van der Waals surface area contributed by atoms with Crippen molar-refractivity contribution in [2.24, 2.45) is 0 Å². The summed E-state index contributed by atoms with van der Waals surface area (Å²) in [7, 11) is 1.17. The number of benzene rings is 2. The minimum absolute atomic E-state index is 0.0925. The third-order valence-corrected chi connectivity index (χ3v) is 3.75. The molecule has 0 radical (unpaired) electrons. The van der Waals surface area contributed by atoms with Crippen LogP contribution in [0.25, 0.3) is 6.08 Å². The van der Waals surface area contributed by atoms with Crippen LogP contribution in [-0.2, 0) is 22.3 Å². The smallest absolute Gasteiger partial charge is 0.416 e. The van der Waals surface area contributed by atoms with Crippen LogP contribution in [-0.4, -0.2) is 19.7 Å². The molecule has 0 aliphatic heterocycles. The van der Waals surface area contributed by atoms with Gasteiger partial charge < -0.3 is 14.2 Å². The van der Waals surface area contributed by atoms with E-state index >= 15 is 0 Å². The van der Waals surface area contributed by atoms with Crippen LogP contribution < -0.4 is 9.47 Å². The molecule has 8 heteroatoms. The minimum Gasteiger partial charge on any atom is -0.490 e. The molecule has 5 nitrogen and oxygen atoms in total. The van der Waals surface area contributed by atoms with Gasteiger partial charge in [0.2, 0.25) is 0 Å². The molecule has 0 bridgehead atoms. The number of nitrogens with zero attached hydrogens (tertiary/aromatic N) is 1. The molecule has 0 heterocycles. The first-order chi connectivity index (χ1) is 13.8. The fourth-order valence-electron chi connectivity index (χ4n) is 2.41. The molecular weight excluding hydrogens is 387 g/mol. The number of nitriles is 1. The van der Waals surface area contributed by atoms with Crippen LogP contribution in [0.3, 0.4) is 0 Å². The SMILES string of the molecule is CCOc1cc(/C=C(\C#N)C(=O)OC)ccc1OCc1cccc(C(F)(F)F)c1. The molecule has 0 amide bonds. The van der Waals surface area contributed by atoms with E-state index in [-0.39, 0.29) is 12.2 Å². The highest BCUT2D eigenvalue weighted by Gasteiger charge is 2.30. The number of rotatable bonds is 7. The Kier molecular flexibility index (Phi) is 7.26. The third-order valence-electron chi connectivity index (χ3n) is 3.75. The minimum atomic E-state index is -4.43. The van der Waals surface area contributed by atoms with E-state index in [2.05, 4.69) is 4.74 Å². The molecule has 0 unspecified atom stereocenters. The summed E-state index contributed by atoms with van der Waals surface area (Å²) < 4.78 is 54.2. The van der Waals surface area contributed by atoms with Crippen molar-refractivity contribution in [1.29, 1.82) is 5.26 Å². The number of ether oxygens (including phenoxy) is 3. The number of hydrogen-bond acceptors (Lipinski definition) is 5. The summed E-state index contributed by atoms with van der Waals surface area (Å²) in [5, 5.41) is 9.05. The first-order valence-corrected chi connectivity index (χ1v) is 8.54. The molecule has 2 aromatic rings. The Balaban J connectivity index is 2.24. The van der Waals surface area contributed by atoms with Crippen LogP contribution in [0.5, 0.6) is 11.5 Å². The zero-order valence-electron chi connectivity index (χ0n) is 15.7. The van der Waals surface area contributed by atoms with E-state index in [1.165, 1.54) is 25.3 Å². The highest BCUT2D eigenvalue weighted by Crippen LogP contribution is 2.32. The van der Waals surface area contributed by atoms with E-state index < -0.39 is 17.7 Å². The Bertz CT molecular complexity index is 946. The molecule has 0 aliphatic carbocycles. The van der Waals surface area contributed by atoms with Gasteiger partial charge >= 0.3 is 12.1 Å². The summed E-state index contributed by atoms with van der Waals surface area (Å²) in [6, 6.07) is 11.3. The lowest BCUT2D eigenvalue weighted by molar-refractivity contribution is -0.138. The molecule has 0 N–H and O–H groups in total. The fourth-order valence-corrected chi connectivity index (χ4v) is 2.41. The van der Waals surface area contributed by atoms with Gasteiger partial charge in [0.1, 0.15) is 18.2 Å². The molecule has 0 saturated heterocycles. The molecule has 2 rings (SSSR count). The van der Waals surface area contributed by atoms with Crippen molar-refractivity contribution >= 4 is 12.0 Å². The van der Waals surface area contributed by atoms with Gasteiger partial charge in [-0.2, -0.15) is 18.4 Å². The van der Waals surface area contributed by atoms with Gasteiger partial charge in [0.05, 0.1) is 19.3 Å². The highest BCUT2D eigenvalue weighted by atomic mass is 19.4. The number of halogens is 3. The van der Waals surface area contributed by atoms with E-state index in [4.69, 9.17) is 14.7 Å². The van der Waals surface area contributed by atoms with E-state index in [0.717, 1.165) is 12.1 Å². The highest BCUT2D eigenvalue weighted by molar-refractivity contribution is 5.97. The van der Waals surface area contributed by atoms with Gasteiger partial charge in [-0.3, -0.25) is 0 Å². The summed E-state index contributed by atoms with van der Waals surface area (Å²) >= 11 is 0. The van der Waals surface area contributed by atoms with E-state index in [0.29, 0.717) is 29.2 Å². The standard InChI is InChI=1S/C21H18F3NO4/c1-3-28-19-11-14(9-16(12-25)20(26)27-2)7-8-18(19)29-13-15-5-4-6-17(10-15)21(22,23)24/h4-11H,3,13H2,1-2H3/b16-9+. The molecule has 0 aromatic heterocycles. The molecule has 152 valence electrons. The van der Waals surface area contributed by atoms with Gasteiger partial charge in [0.15, 0.2) is 11.5 Å². The van der Waals surface area contributed by atoms with Crippen LogP contribution in [0.15, 0.2) is 48.0 Å². The molecule has 0 atom stereocenters. The van der Waals surface area contributed by atoms with Crippen molar-refractivity contribution in [2.45, 2.75) is 19.7 Å². The maximum Gasteiger partial charge on any atom is 0.416 e. The monoisotopic (exact) mass is 405 g/mol. The lowest BCUT2D eigenvalue weighted by Crippen LogP contribution is -2.06. The van der Waals surface area contributed by atoms with Gasteiger partial charge in [-0.15, -0.1) is 0 Å². The van der Waals surface area contributed by atoms with E-state index in [1.807, 2.05) is 0 Å². The topological polar surface area (TPSA) is 68.5 Å². The largest absolute Gasteiger partial charge is 0.490 e. The van der Waals surface area contributed by atoms with Crippen molar-refractivity contribution < 1.29 is 32.2 Å². The predicted octanol–water partition coefficient (Wildman–Crippen LogP) is 4.76. The fraction of sp³-hybridized carbons (Fsp3) is 0.238. The number of methoxy groups -OCH3 is 1. The maximum absolute atomic E-state index is 12.8. The Labute approximate surface area is 165 Å². The van der Waals surface area contributed by atoms with Crippen molar-refractivity contribution in [3.63, 3.8) is 0 Å². The third kappa shape index (κ3) is 6.01. The summed E-state index contributed by atoms with van der Waals surface area (Å²) in [5.41, 5.74) is -0.0888. The second-order valence-electron chi connectivity index (χ2n) is 5.79. The lowest BCUT2D eigenvalue weighted by Gasteiger charge is -2.14. The van der Waals surface area contributed by atoms with Crippen LogP contribution >= 0.6 is 0 Å². The van der Waals surface area contributed by atoms with Crippen molar-refractivity contribution in [1.82, 2.24) is 0 Å². The number of hydrogen-bond donors (Lipinski definition) is 0. The summed E-state index contributed by atoms with van der Waals surface area (Å²) in [6.07, 6.45) is -3.09. The Morgan fingerprint density at radius 1 is 1.14 bits per heavy atom. The van der Waals surface area contributed by atoms with Crippen LogP contribution in [0.1, 0.15) is 23.6 Å². The van der Waals surface area contributed by atoms with E-state index in [1.54, 1.807) is 31.2 Å². The average molecular weight is 405 g/mol. The predicted molar refractivity (Wildman–Crippen MR) is 99.0 cm³/mol. The van der Waals surface area contributed by atoms with Crippen LogP contribution in [0.4, 0.5) is 13.2 Å². The van der Waals surface area contributed by atoms with Crippen LogP contribution in [0, 0.1) is 11.3 Å². The second kappa shape index (κ2) is 9.64. The van der Waals surface area contributed by atoms with Crippen LogP contribution in [0.2, 0.25) is 0 Å². The summed E-state index contributed by atoms with van der Waals surface area (Å²) in [5.74, 6) is -0.122. The van der Waals surface area contributed by atoms with Gasteiger partial charge in [0.25, 0.3) is 0 Å². The Hall–Kier alpha value is -3.47. The second-order valence-corrected chi connectivity index (χ2v) is 5.79. The number of carbonyl (C=O) groups is 1. The normalized spacial score (nSPS) is 11.5. The van der Waals surface area contributed by atoms with Gasteiger partial charge in [-0.1, -0.05) is 18.2 Å². The van der Waals surface area contributed by atoms with Gasteiger partial charge in [-0.25, -0.2) is 4.79 Å². The lowest BCUT2D eigenvalue weighted by atomic mass is 10.1. The van der Waals surface area contributed by atoms with Crippen molar-refractivity contribution in [2.75, 3.05) is 13.7 Å². The molecule has 29 heavy (non-hydrogen) atoms. The zero-order valence-corrected chi connectivity index (χ0v) is 15.7. The van der Waals surface area contributed by atoms with Gasteiger partial charge in [-0.05, 0) is 48.4 Å². The Morgan fingerprint density at radius 2 is 1.90 bits per heavy atom. The first kappa shape index (κ1) is 21.8. The molecule has 0 saturated carbocycles. The number of esters is 1. The zero-order chi connectivity index (χ0) is 21.4. The molecule has 0 aliphatic rings. The van der Waals surface area contributed by atoms with E-state index in [9.17, 15) is 18.0 Å². The van der Waals surface area contributed by atoms with Gasteiger partial charge in [0, 0.05) is 0 Å². The molecule has 0 fully saturated rings. The molecule has 0 spiro atoms. The quantitative estimate of drug-likeness (QED) is 0.377. The number of alkyl halides is 3. The van der Waals surface area contributed by atoms with Crippen molar-refractivity contribution in [3.8, 4) is 17.6 Å². The first-order valence-electron chi connectivity index (χ1n) is 8.54. The Morgan fingerprint density at radius 3 is 2.52 bits per heavy atom. The maximum atomic E-state index is 12.8.